The molecule has 88 valence electrons. The predicted octanol–water partition coefficient (Wildman–Crippen LogP) is 0.521. The molecule has 0 heterocycles. The monoisotopic (exact) mass is 235 g/mol. The van der Waals surface area contributed by atoms with Crippen molar-refractivity contribution >= 4 is 16.0 Å². The summed E-state index contributed by atoms with van der Waals surface area (Å²) in [6.45, 7) is 1.87. The molecule has 1 N–H and O–H groups in total. The van der Waals surface area contributed by atoms with Crippen LogP contribution in [0.25, 0.3) is 0 Å². The molecule has 1 aliphatic rings. The first-order valence-corrected chi connectivity index (χ1v) is 6.63. The van der Waals surface area contributed by atoms with Gasteiger partial charge in [-0.15, -0.1) is 0 Å². The molecule has 1 saturated carbocycles. The van der Waals surface area contributed by atoms with Crippen molar-refractivity contribution in [2.45, 2.75) is 32.2 Å². The van der Waals surface area contributed by atoms with Gasteiger partial charge < -0.3 is 5.11 Å². The van der Waals surface area contributed by atoms with Gasteiger partial charge in [0.25, 0.3) is 0 Å². The fourth-order valence-corrected chi connectivity index (χ4v) is 2.89. The molecule has 1 unspecified atom stereocenters. The van der Waals surface area contributed by atoms with Crippen LogP contribution >= 0.6 is 0 Å². The van der Waals surface area contributed by atoms with Gasteiger partial charge in [0, 0.05) is 13.1 Å². The van der Waals surface area contributed by atoms with E-state index in [1.807, 2.05) is 6.92 Å². The van der Waals surface area contributed by atoms with E-state index in [0.717, 1.165) is 12.8 Å². The minimum absolute atomic E-state index is 0.0104. The van der Waals surface area contributed by atoms with Crippen LogP contribution in [0.5, 0.6) is 0 Å². The first-order chi connectivity index (χ1) is 6.84. The molecule has 0 saturated heterocycles. The Morgan fingerprint density at radius 3 is 2.47 bits per heavy atom. The summed E-state index contributed by atoms with van der Waals surface area (Å²) >= 11 is 0. The molecule has 1 aliphatic carbocycles. The van der Waals surface area contributed by atoms with Crippen LogP contribution in [0.2, 0.25) is 0 Å². The Morgan fingerprint density at radius 2 is 2.07 bits per heavy atom. The highest BCUT2D eigenvalue weighted by molar-refractivity contribution is 7.89. The van der Waals surface area contributed by atoms with Crippen LogP contribution in [0, 0.1) is 5.92 Å². The fraction of sp³-hybridized carbons (Fsp3) is 0.889. The Balaban J connectivity index is 2.55. The number of nitrogens with zero attached hydrogens (tertiary/aromatic N) is 1. The molecule has 1 rings (SSSR count). The first-order valence-electron chi connectivity index (χ1n) is 5.02. The zero-order chi connectivity index (χ0) is 11.6. The Labute approximate surface area is 90.1 Å². The molecule has 1 fully saturated rings. The minimum atomic E-state index is -3.41. The maximum atomic E-state index is 11.7. The quantitative estimate of drug-likeness (QED) is 0.728. The predicted molar refractivity (Wildman–Crippen MR) is 56.0 cm³/mol. The molecule has 5 nitrogen and oxygen atoms in total. The van der Waals surface area contributed by atoms with Gasteiger partial charge >= 0.3 is 5.97 Å². The van der Waals surface area contributed by atoms with Crippen molar-refractivity contribution in [3.8, 4) is 0 Å². The van der Waals surface area contributed by atoms with E-state index < -0.39 is 16.0 Å². The summed E-state index contributed by atoms with van der Waals surface area (Å²) in [4.78, 5) is 10.3. The number of hydrogen-bond donors (Lipinski definition) is 1. The number of carboxylic acids is 1. The summed E-state index contributed by atoms with van der Waals surface area (Å²) in [5, 5.41) is 8.44. The second-order valence-corrected chi connectivity index (χ2v) is 6.20. The number of aliphatic carboxylic acids is 1. The highest BCUT2D eigenvalue weighted by Gasteiger charge is 2.35. The molecule has 0 bridgehead atoms. The third kappa shape index (κ3) is 3.46. The van der Waals surface area contributed by atoms with Crippen LogP contribution < -0.4 is 0 Å². The molecular weight excluding hydrogens is 218 g/mol. The van der Waals surface area contributed by atoms with E-state index in [0.29, 0.717) is 5.92 Å². The van der Waals surface area contributed by atoms with E-state index in [1.165, 1.54) is 11.4 Å². The van der Waals surface area contributed by atoms with Gasteiger partial charge in [-0.2, -0.15) is 0 Å². The Kier molecular flexibility index (Phi) is 3.72. The van der Waals surface area contributed by atoms with Gasteiger partial charge in [0.05, 0.1) is 12.2 Å². The minimum Gasteiger partial charge on any atom is -0.481 e. The zero-order valence-corrected chi connectivity index (χ0v) is 9.83. The molecule has 0 aromatic heterocycles. The Hall–Kier alpha value is -0.620. The van der Waals surface area contributed by atoms with Crippen molar-refractivity contribution in [2.24, 2.45) is 5.92 Å². The fourth-order valence-electron chi connectivity index (χ4n) is 1.49. The summed E-state index contributed by atoms with van der Waals surface area (Å²) in [5.74, 6) is -0.934. The Morgan fingerprint density at radius 1 is 1.53 bits per heavy atom. The maximum Gasteiger partial charge on any atom is 0.304 e. The summed E-state index contributed by atoms with van der Waals surface area (Å²) in [5.41, 5.74) is 0. The average Bonchev–Trinajstić information content (AvgIpc) is 2.95. The number of carbonyl (C=O) groups is 1. The lowest BCUT2D eigenvalue weighted by atomic mass is 10.2. The van der Waals surface area contributed by atoms with Crippen molar-refractivity contribution in [3.63, 3.8) is 0 Å². The van der Waals surface area contributed by atoms with Crippen molar-refractivity contribution in [1.82, 2.24) is 4.31 Å². The van der Waals surface area contributed by atoms with E-state index in [9.17, 15) is 13.2 Å². The van der Waals surface area contributed by atoms with Crippen molar-refractivity contribution in [2.75, 3.05) is 12.8 Å². The average molecular weight is 235 g/mol. The van der Waals surface area contributed by atoms with Crippen LogP contribution in [0.1, 0.15) is 26.2 Å². The van der Waals surface area contributed by atoms with Gasteiger partial charge in [-0.05, 0) is 25.7 Å². The van der Waals surface area contributed by atoms with Gasteiger partial charge in [-0.3, -0.25) is 4.79 Å². The van der Waals surface area contributed by atoms with E-state index in [1.54, 1.807) is 0 Å². The molecule has 0 radical (unpaired) electrons. The van der Waals surface area contributed by atoms with Crippen LogP contribution in [-0.4, -0.2) is 42.6 Å². The zero-order valence-electron chi connectivity index (χ0n) is 9.01. The van der Waals surface area contributed by atoms with Gasteiger partial charge in [-0.1, -0.05) is 0 Å². The smallest absolute Gasteiger partial charge is 0.304 e. The lowest BCUT2D eigenvalue weighted by molar-refractivity contribution is -0.136. The van der Waals surface area contributed by atoms with Crippen LogP contribution in [0.4, 0.5) is 0 Å². The van der Waals surface area contributed by atoms with Gasteiger partial charge in [0.2, 0.25) is 10.0 Å². The Bertz CT molecular complexity index is 334. The molecule has 0 aromatic rings. The van der Waals surface area contributed by atoms with Crippen LogP contribution in [-0.2, 0) is 14.8 Å². The molecule has 15 heavy (non-hydrogen) atoms. The topological polar surface area (TPSA) is 74.7 Å². The molecular formula is C9H17NO4S. The second kappa shape index (κ2) is 4.49. The third-order valence-corrected chi connectivity index (χ3v) is 4.82. The van der Waals surface area contributed by atoms with Crippen molar-refractivity contribution in [3.05, 3.63) is 0 Å². The molecule has 0 aromatic carbocycles. The van der Waals surface area contributed by atoms with Crippen LogP contribution in [0.3, 0.4) is 0 Å². The summed E-state index contributed by atoms with van der Waals surface area (Å²) < 4.78 is 24.7. The van der Waals surface area contributed by atoms with Crippen LogP contribution in [0.15, 0.2) is 0 Å². The SMILES string of the molecule is CC(C1CC1)N(C)S(=O)(=O)CCC(=O)O. The highest BCUT2D eigenvalue weighted by Crippen LogP contribution is 2.35. The van der Waals surface area contributed by atoms with Crippen molar-refractivity contribution in [1.29, 1.82) is 0 Å². The molecule has 6 heteroatoms. The van der Waals surface area contributed by atoms with Gasteiger partial charge in [0.1, 0.15) is 0 Å². The summed E-state index contributed by atoms with van der Waals surface area (Å²) in [6.07, 6.45) is 1.81. The summed E-state index contributed by atoms with van der Waals surface area (Å²) in [6, 6.07) is -0.0104. The second-order valence-electron chi connectivity index (χ2n) is 4.05. The van der Waals surface area contributed by atoms with Gasteiger partial charge in [-0.25, -0.2) is 12.7 Å². The van der Waals surface area contributed by atoms with Crippen molar-refractivity contribution < 1.29 is 18.3 Å². The van der Waals surface area contributed by atoms with E-state index in [2.05, 4.69) is 0 Å². The standard InChI is InChI=1S/C9H17NO4S/c1-7(8-3-4-8)10(2)15(13,14)6-5-9(11)12/h7-8H,3-6H2,1-2H3,(H,11,12). The molecule has 0 aliphatic heterocycles. The third-order valence-electron chi connectivity index (χ3n) is 2.89. The largest absolute Gasteiger partial charge is 0.481 e. The normalized spacial score (nSPS) is 19.1. The first kappa shape index (κ1) is 12.4. The summed E-state index contributed by atoms with van der Waals surface area (Å²) in [7, 11) is -1.88. The maximum absolute atomic E-state index is 11.7. The highest BCUT2D eigenvalue weighted by atomic mass is 32.2. The number of carboxylic acid groups (broad SMARTS) is 1. The number of rotatable bonds is 6. The molecule has 0 amide bonds. The lowest BCUT2D eigenvalue weighted by Gasteiger charge is -2.23. The number of hydrogen-bond acceptors (Lipinski definition) is 3. The van der Waals surface area contributed by atoms with E-state index >= 15 is 0 Å². The van der Waals surface area contributed by atoms with E-state index in [-0.39, 0.29) is 18.2 Å². The number of sulfonamides is 1. The molecule has 1 atom stereocenters. The van der Waals surface area contributed by atoms with Gasteiger partial charge in [0.15, 0.2) is 0 Å². The molecule has 0 spiro atoms. The van der Waals surface area contributed by atoms with E-state index in [4.69, 9.17) is 5.11 Å². The lowest BCUT2D eigenvalue weighted by Crippen LogP contribution is -2.38.